The third kappa shape index (κ3) is 3.48. The Morgan fingerprint density at radius 3 is 3.11 bits per heavy atom. The first-order chi connectivity index (χ1) is 13.7. The van der Waals surface area contributed by atoms with Crippen molar-refractivity contribution in [3.63, 3.8) is 0 Å². The van der Waals surface area contributed by atoms with Crippen molar-refractivity contribution in [3.05, 3.63) is 36.3 Å². The van der Waals surface area contributed by atoms with Crippen molar-refractivity contribution in [1.29, 1.82) is 0 Å². The van der Waals surface area contributed by atoms with Crippen LogP contribution in [0.15, 0.2) is 30.7 Å². The van der Waals surface area contributed by atoms with Gasteiger partial charge >= 0.3 is 0 Å². The number of hydrogen-bond acceptors (Lipinski definition) is 7. The second-order valence-electron chi connectivity index (χ2n) is 6.81. The van der Waals surface area contributed by atoms with Crippen LogP contribution in [-0.2, 0) is 0 Å². The lowest BCUT2D eigenvalue weighted by Gasteiger charge is -2.16. The summed E-state index contributed by atoms with van der Waals surface area (Å²) in [4.78, 5) is 21.3. The zero-order valence-corrected chi connectivity index (χ0v) is 15.7. The van der Waals surface area contributed by atoms with Gasteiger partial charge in [0.05, 0.1) is 18.4 Å². The molecule has 3 aromatic rings. The standard InChI is InChI=1S/C19H23N7O2/c1-28-16-8-12(5-7-22-16)15-9-14(17-18(20)23-11-24-26(15)17)19(27)25-13-4-2-3-6-21-10-13/h5,7-9,11,13,21H,2-4,6,10H2,1H3,(H,25,27)(H2,20,23,24). The summed E-state index contributed by atoms with van der Waals surface area (Å²) >= 11 is 0. The normalized spacial score (nSPS) is 17.2. The monoisotopic (exact) mass is 381 g/mol. The first kappa shape index (κ1) is 18.2. The molecule has 146 valence electrons. The number of nitrogens with zero attached hydrogens (tertiary/aromatic N) is 4. The van der Waals surface area contributed by atoms with E-state index in [0.29, 0.717) is 22.7 Å². The fourth-order valence-corrected chi connectivity index (χ4v) is 3.53. The van der Waals surface area contributed by atoms with Crippen molar-refractivity contribution in [3.8, 4) is 17.1 Å². The van der Waals surface area contributed by atoms with E-state index >= 15 is 0 Å². The van der Waals surface area contributed by atoms with Crippen molar-refractivity contribution in [1.82, 2.24) is 30.2 Å². The summed E-state index contributed by atoms with van der Waals surface area (Å²) in [6.45, 7) is 1.74. The second-order valence-corrected chi connectivity index (χ2v) is 6.81. The fourth-order valence-electron chi connectivity index (χ4n) is 3.53. The van der Waals surface area contributed by atoms with Crippen LogP contribution in [0.1, 0.15) is 29.6 Å². The highest BCUT2D eigenvalue weighted by Gasteiger charge is 2.23. The van der Waals surface area contributed by atoms with E-state index in [4.69, 9.17) is 10.5 Å². The molecule has 0 saturated carbocycles. The number of fused-ring (bicyclic) bond motifs is 1. The zero-order valence-electron chi connectivity index (χ0n) is 15.7. The van der Waals surface area contributed by atoms with E-state index in [9.17, 15) is 4.79 Å². The fraction of sp³-hybridized carbons (Fsp3) is 0.368. The number of ether oxygens (including phenoxy) is 1. The van der Waals surface area contributed by atoms with E-state index < -0.39 is 0 Å². The van der Waals surface area contributed by atoms with Crippen molar-refractivity contribution in [2.45, 2.75) is 25.3 Å². The molecule has 1 saturated heterocycles. The van der Waals surface area contributed by atoms with E-state index in [1.54, 1.807) is 30.0 Å². The Bertz CT molecular complexity index is 993. The summed E-state index contributed by atoms with van der Waals surface area (Å²) in [5.41, 5.74) is 8.58. The molecule has 9 heteroatoms. The number of carbonyl (C=O) groups excluding carboxylic acids is 1. The van der Waals surface area contributed by atoms with Crippen LogP contribution >= 0.6 is 0 Å². The lowest BCUT2D eigenvalue weighted by Crippen LogP contribution is -2.40. The van der Waals surface area contributed by atoms with Crippen LogP contribution in [0, 0.1) is 0 Å². The summed E-state index contributed by atoms with van der Waals surface area (Å²) in [6, 6.07) is 5.49. The van der Waals surface area contributed by atoms with Crippen LogP contribution in [0.25, 0.3) is 16.8 Å². The molecule has 1 aliphatic heterocycles. The maximum atomic E-state index is 13.1. The SMILES string of the molecule is COc1cc(-c2cc(C(=O)NC3CCCCNC3)c3c(N)ncnn23)ccn1. The maximum Gasteiger partial charge on any atom is 0.253 e. The summed E-state index contributed by atoms with van der Waals surface area (Å²) in [5.74, 6) is 0.552. The highest BCUT2D eigenvalue weighted by molar-refractivity contribution is 6.05. The Balaban J connectivity index is 1.75. The van der Waals surface area contributed by atoms with E-state index in [2.05, 4.69) is 25.7 Å². The number of nitrogen functional groups attached to an aromatic ring is 1. The minimum Gasteiger partial charge on any atom is -0.481 e. The predicted octanol–water partition coefficient (Wildman–Crippen LogP) is 1.25. The summed E-state index contributed by atoms with van der Waals surface area (Å²) in [5, 5.41) is 10.8. The minimum absolute atomic E-state index is 0.0836. The van der Waals surface area contributed by atoms with Crippen molar-refractivity contribution in [2.75, 3.05) is 25.9 Å². The summed E-state index contributed by atoms with van der Waals surface area (Å²) in [7, 11) is 1.56. The van der Waals surface area contributed by atoms with Gasteiger partial charge in [-0.25, -0.2) is 14.5 Å². The van der Waals surface area contributed by atoms with Crippen molar-refractivity contribution in [2.24, 2.45) is 0 Å². The average molecular weight is 381 g/mol. The molecule has 0 spiro atoms. The van der Waals surface area contributed by atoms with Gasteiger partial charge in [-0.15, -0.1) is 0 Å². The molecule has 1 atom stereocenters. The molecule has 9 nitrogen and oxygen atoms in total. The smallest absolute Gasteiger partial charge is 0.253 e. The third-order valence-corrected chi connectivity index (χ3v) is 4.95. The number of hydrogen-bond donors (Lipinski definition) is 3. The van der Waals surface area contributed by atoms with Crippen molar-refractivity contribution < 1.29 is 9.53 Å². The molecule has 3 aromatic heterocycles. The van der Waals surface area contributed by atoms with Gasteiger partial charge in [-0.3, -0.25) is 4.79 Å². The molecule has 1 aliphatic rings. The molecule has 28 heavy (non-hydrogen) atoms. The Morgan fingerprint density at radius 1 is 1.36 bits per heavy atom. The number of anilines is 1. The molecule has 0 radical (unpaired) electrons. The molecule has 1 fully saturated rings. The lowest BCUT2D eigenvalue weighted by molar-refractivity contribution is 0.0937. The van der Waals surface area contributed by atoms with Gasteiger partial charge < -0.3 is 21.1 Å². The molecule has 0 bridgehead atoms. The van der Waals surface area contributed by atoms with Crippen LogP contribution in [0.5, 0.6) is 5.88 Å². The molecule has 0 aromatic carbocycles. The number of rotatable bonds is 4. The molecular formula is C19H23N7O2. The number of amides is 1. The van der Waals surface area contributed by atoms with E-state index in [-0.39, 0.29) is 17.8 Å². The molecule has 4 rings (SSSR count). The zero-order chi connectivity index (χ0) is 19.5. The van der Waals surface area contributed by atoms with Crippen LogP contribution in [0.2, 0.25) is 0 Å². The van der Waals surface area contributed by atoms with E-state index in [0.717, 1.165) is 37.9 Å². The van der Waals surface area contributed by atoms with Crippen LogP contribution < -0.4 is 21.1 Å². The largest absolute Gasteiger partial charge is 0.481 e. The molecule has 4 N–H and O–H groups in total. The van der Waals surface area contributed by atoms with Gasteiger partial charge in [0, 0.05) is 30.4 Å². The molecule has 1 amide bonds. The highest BCUT2D eigenvalue weighted by atomic mass is 16.5. The van der Waals surface area contributed by atoms with Crippen LogP contribution in [0.4, 0.5) is 5.82 Å². The topological polar surface area (TPSA) is 119 Å². The second kappa shape index (κ2) is 7.81. The number of aromatic nitrogens is 4. The third-order valence-electron chi connectivity index (χ3n) is 4.95. The predicted molar refractivity (Wildman–Crippen MR) is 105 cm³/mol. The molecule has 1 unspecified atom stereocenters. The van der Waals surface area contributed by atoms with Gasteiger partial charge in [-0.2, -0.15) is 5.10 Å². The Labute approximate surface area is 162 Å². The quantitative estimate of drug-likeness (QED) is 0.622. The summed E-state index contributed by atoms with van der Waals surface area (Å²) < 4.78 is 6.85. The maximum absolute atomic E-state index is 13.1. The average Bonchev–Trinajstić information content (AvgIpc) is 2.93. The van der Waals surface area contributed by atoms with Gasteiger partial charge in [-0.05, 0) is 31.5 Å². The van der Waals surface area contributed by atoms with E-state index in [1.165, 1.54) is 6.33 Å². The van der Waals surface area contributed by atoms with Crippen LogP contribution in [-0.4, -0.2) is 51.7 Å². The number of nitrogens with two attached hydrogens (primary N) is 1. The Kier molecular flexibility index (Phi) is 5.07. The molecule has 0 aliphatic carbocycles. The van der Waals surface area contributed by atoms with E-state index in [1.807, 2.05) is 6.07 Å². The van der Waals surface area contributed by atoms with Gasteiger partial charge in [-0.1, -0.05) is 6.42 Å². The number of carbonyl (C=O) groups is 1. The van der Waals surface area contributed by atoms with Gasteiger partial charge in [0.2, 0.25) is 5.88 Å². The Morgan fingerprint density at radius 2 is 2.25 bits per heavy atom. The van der Waals surface area contributed by atoms with Crippen molar-refractivity contribution >= 4 is 17.2 Å². The van der Waals surface area contributed by atoms with Crippen LogP contribution in [0.3, 0.4) is 0 Å². The first-order valence-electron chi connectivity index (χ1n) is 9.31. The molecular weight excluding hydrogens is 358 g/mol. The minimum atomic E-state index is -0.181. The lowest BCUT2D eigenvalue weighted by atomic mass is 10.1. The summed E-state index contributed by atoms with van der Waals surface area (Å²) in [6.07, 6.45) is 6.18. The number of methoxy groups -OCH3 is 1. The highest BCUT2D eigenvalue weighted by Crippen LogP contribution is 2.29. The Hall–Kier alpha value is -3.20. The van der Waals surface area contributed by atoms with Gasteiger partial charge in [0.15, 0.2) is 5.82 Å². The number of nitrogens with one attached hydrogen (secondary N) is 2. The van der Waals surface area contributed by atoms with Gasteiger partial charge in [0.25, 0.3) is 5.91 Å². The molecule has 4 heterocycles. The van der Waals surface area contributed by atoms with Gasteiger partial charge in [0.1, 0.15) is 11.8 Å². The number of pyridine rings is 1. The first-order valence-corrected chi connectivity index (χ1v) is 9.31.